The quantitative estimate of drug-likeness (QED) is 0.404. The molecule has 1 aromatic carbocycles. The summed E-state index contributed by atoms with van der Waals surface area (Å²) in [6.45, 7) is 14.1. The fourth-order valence-corrected chi connectivity index (χ4v) is 5.66. The van der Waals surface area contributed by atoms with Gasteiger partial charge in [-0.2, -0.15) is 5.22 Å². The fourth-order valence-electron chi connectivity index (χ4n) is 5.66. The first-order valence-corrected chi connectivity index (χ1v) is 9.56. The Kier molecular flexibility index (Phi) is 6.23. The van der Waals surface area contributed by atoms with E-state index in [1.54, 1.807) is 27.8 Å². The van der Waals surface area contributed by atoms with E-state index in [0.29, 0.717) is 0 Å². The molecule has 0 saturated heterocycles. The van der Waals surface area contributed by atoms with Crippen LogP contribution in [0, 0.1) is 11.8 Å². The molecular formula is C25H27Cl2Zr. The Labute approximate surface area is 200 Å². The van der Waals surface area contributed by atoms with Crippen molar-refractivity contribution < 1.29 is 51.0 Å². The van der Waals surface area contributed by atoms with Crippen LogP contribution in [-0.2, 0) is 38.0 Å². The van der Waals surface area contributed by atoms with E-state index >= 15 is 0 Å². The predicted molar refractivity (Wildman–Crippen MR) is 108 cm³/mol. The van der Waals surface area contributed by atoms with Gasteiger partial charge in [-0.25, -0.2) is 12.0 Å². The molecule has 0 bridgehead atoms. The molecule has 3 heteroatoms. The molecular weight excluding hydrogens is 462 g/mol. The first-order valence-electron chi connectivity index (χ1n) is 9.56. The van der Waals surface area contributed by atoms with Crippen molar-refractivity contribution in [2.24, 2.45) is 5.41 Å². The van der Waals surface area contributed by atoms with Gasteiger partial charge in [0.25, 0.3) is 0 Å². The molecule has 1 aromatic rings. The smallest absolute Gasteiger partial charge is 1.00 e. The predicted octanol–water partition coefficient (Wildman–Crippen LogP) is -1.15. The number of fused-ring (bicyclic) bond motifs is 7. The third kappa shape index (κ3) is 3.08. The number of rotatable bonds is 0. The van der Waals surface area contributed by atoms with Gasteiger partial charge < -0.3 is 24.8 Å². The third-order valence-electron chi connectivity index (χ3n) is 6.58. The van der Waals surface area contributed by atoms with E-state index < -0.39 is 0 Å². The Morgan fingerprint density at radius 1 is 0.964 bits per heavy atom. The van der Waals surface area contributed by atoms with E-state index in [1.807, 2.05) is 0 Å². The zero-order valence-corrected chi connectivity index (χ0v) is 21.5. The van der Waals surface area contributed by atoms with Crippen LogP contribution >= 0.6 is 0 Å². The molecule has 0 atom stereocenters. The summed E-state index contributed by atoms with van der Waals surface area (Å²) >= 11 is 0. The van der Waals surface area contributed by atoms with E-state index in [0.717, 1.165) is 12.8 Å². The monoisotopic (exact) mass is 487 g/mol. The Morgan fingerprint density at radius 3 is 2.32 bits per heavy atom. The SMILES string of the molecule is CC1=CC=c2c1c1c(c3c2=C(C)[CH-]C3(C)C)CC2=C1CC(C)(C)C=C2.[Cl-].[Cl-].[Zr+3]. The molecule has 1 radical (unpaired) electrons. The number of halogens is 2. The summed E-state index contributed by atoms with van der Waals surface area (Å²) < 4.78 is 0. The normalized spacial score (nSPS) is 21.1. The second-order valence-electron chi connectivity index (χ2n) is 9.64. The Bertz CT molecular complexity index is 1080. The van der Waals surface area contributed by atoms with Gasteiger partial charge >= 0.3 is 26.2 Å². The minimum Gasteiger partial charge on any atom is -1.00 e. The molecule has 0 nitrogen and oxygen atoms in total. The first-order chi connectivity index (χ1) is 11.7. The molecule has 0 spiro atoms. The summed E-state index contributed by atoms with van der Waals surface area (Å²) in [6.07, 6.45) is 14.3. The van der Waals surface area contributed by atoms with E-state index in [4.69, 9.17) is 0 Å². The summed E-state index contributed by atoms with van der Waals surface area (Å²) in [5.74, 6) is 0. The Hall–Kier alpha value is -0.487. The van der Waals surface area contributed by atoms with Crippen LogP contribution in [-0.4, -0.2) is 0 Å². The summed E-state index contributed by atoms with van der Waals surface area (Å²) in [5, 5.41) is 3.00. The Balaban J connectivity index is 0.000000934. The fraction of sp³-hybridized carbons (Fsp3) is 0.400. The maximum atomic E-state index is 2.48. The average Bonchev–Trinajstić information content (AvgIpc) is 3.11. The van der Waals surface area contributed by atoms with Crippen molar-refractivity contribution >= 4 is 22.8 Å². The minimum absolute atomic E-state index is 0. The molecule has 4 aliphatic carbocycles. The van der Waals surface area contributed by atoms with E-state index in [2.05, 4.69) is 72.3 Å². The van der Waals surface area contributed by atoms with Crippen LogP contribution in [0.3, 0.4) is 0 Å². The van der Waals surface area contributed by atoms with Gasteiger partial charge in [0, 0.05) is 0 Å². The van der Waals surface area contributed by atoms with Crippen molar-refractivity contribution in [1.29, 1.82) is 0 Å². The van der Waals surface area contributed by atoms with Crippen molar-refractivity contribution in [2.75, 3.05) is 0 Å². The van der Waals surface area contributed by atoms with Gasteiger partial charge in [-0.3, -0.25) is 0 Å². The standard InChI is InChI=1S/C25H27.2ClH.Zr/c1-14-7-8-17-20(14)22-18(23-21(17)15(2)12-25(23,5)6)11-16-9-10-24(3,4)13-19(16)22;;;/h7-10,12H,11,13H2,1-6H3;2*1H;/q-1;;;+3/p-2. The number of benzene rings is 1. The molecule has 0 aliphatic heterocycles. The van der Waals surface area contributed by atoms with Crippen LogP contribution in [0.2, 0.25) is 0 Å². The zero-order chi connectivity index (χ0) is 17.7. The molecule has 0 saturated carbocycles. The second-order valence-corrected chi connectivity index (χ2v) is 9.64. The van der Waals surface area contributed by atoms with Crippen LogP contribution in [0.4, 0.5) is 0 Å². The molecule has 0 heterocycles. The van der Waals surface area contributed by atoms with Gasteiger partial charge in [0.15, 0.2) is 0 Å². The molecule has 0 amide bonds. The average molecular weight is 490 g/mol. The molecule has 0 N–H and O–H groups in total. The number of hydrogen-bond acceptors (Lipinski definition) is 0. The molecule has 0 fully saturated rings. The number of hydrogen-bond donors (Lipinski definition) is 0. The van der Waals surface area contributed by atoms with Gasteiger partial charge in [-0.05, 0) is 53.0 Å². The molecule has 4 aliphatic rings. The summed E-state index contributed by atoms with van der Waals surface area (Å²) in [7, 11) is 0. The molecule has 5 rings (SSSR count). The van der Waals surface area contributed by atoms with E-state index in [-0.39, 0.29) is 61.8 Å². The maximum absolute atomic E-state index is 2.48. The summed E-state index contributed by atoms with van der Waals surface area (Å²) in [4.78, 5) is 0. The second kappa shape index (κ2) is 7.33. The topological polar surface area (TPSA) is 0 Å². The first kappa shape index (κ1) is 23.8. The third-order valence-corrected chi connectivity index (χ3v) is 6.58. The van der Waals surface area contributed by atoms with Gasteiger partial charge in [0.2, 0.25) is 0 Å². The minimum atomic E-state index is 0. The van der Waals surface area contributed by atoms with Crippen LogP contribution in [0.15, 0.2) is 23.8 Å². The van der Waals surface area contributed by atoms with Crippen LogP contribution in [0.5, 0.6) is 0 Å². The molecule has 0 unspecified atom stereocenters. The van der Waals surface area contributed by atoms with Crippen LogP contribution in [0.1, 0.15) is 70.2 Å². The number of allylic oxidation sites excluding steroid dienone is 6. The van der Waals surface area contributed by atoms with Crippen LogP contribution < -0.4 is 35.3 Å². The van der Waals surface area contributed by atoms with Gasteiger partial charge in [0.05, 0.1) is 0 Å². The largest absolute Gasteiger partial charge is 3.00 e. The van der Waals surface area contributed by atoms with Crippen molar-refractivity contribution in [3.8, 4) is 0 Å². The van der Waals surface area contributed by atoms with Crippen LogP contribution in [0.25, 0.3) is 22.8 Å². The van der Waals surface area contributed by atoms with E-state index in [1.165, 1.54) is 27.1 Å². The Morgan fingerprint density at radius 2 is 1.64 bits per heavy atom. The zero-order valence-electron chi connectivity index (χ0n) is 17.6. The summed E-state index contributed by atoms with van der Waals surface area (Å²) in [5.41, 5.74) is 12.8. The van der Waals surface area contributed by atoms with Gasteiger partial charge in [0.1, 0.15) is 0 Å². The molecule has 0 aromatic heterocycles. The maximum Gasteiger partial charge on any atom is 3.00 e. The molecule has 145 valence electrons. The van der Waals surface area contributed by atoms with Crippen molar-refractivity contribution in [3.05, 3.63) is 62.9 Å². The van der Waals surface area contributed by atoms with Crippen molar-refractivity contribution in [1.82, 2.24) is 0 Å². The molecule has 28 heavy (non-hydrogen) atoms. The van der Waals surface area contributed by atoms with Gasteiger partial charge in [-0.15, -0.1) is 5.56 Å². The van der Waals surface area contributed by atoms with Gasteiger partial charge in [-0.1, -0.05) is 75.1 Å². The van der Waals surface area contributed by atoms with Crippen molar-refractivity contribution in [2.45, 2.75) is 59.8 Å². The summed E-state index contributed by atoms with van der Waals surface area (Å²) in [6, 6.07) is 0. The van der Waals surface area contributed by atoms with E-state index in [9.17, 15) is 0 Å². The van der Waals surface area contributed by atoms with Crippen molar-refractivity contribution in [3.63, 3.8) is 0 Å².